The number of aromatic nitrogens is 2. The number of likely N-dealkylation sites (N-methyl/N-ethyl adjacent to an activating group) is 1. The van der Waals surface area contributed by atoms with Gasteiger partial charge in [-0.15, -0.1) is 5.10 Å². The fourth-order valence-electron chi connectivity index (χ4n) is 1.71. The van der Waals surface area contributed by atoms with Crippen LogP contribution in [0.2, 0.25) is 0 Å². The zero-order valence-electron chi connectivity index (χ0n) is 9.88. The third-order valence-corrected chi connectivity index (χ3v) is 3.42. The number of hydrogen-bond acceptors (Lipinski definition) is 5. The van der Waals surface area contributed by atoms with E-state index in [4.69, 9.17) is 4.74 Å². The molecule has 0 spiro atoms. The van der Waals surface area contributed by atoms with Crippen molar-refractivity contribution in [1.82, 2.24) is 14.9 Å². The van der Waals surface area contributed by atoms with Crippen LogP contribution < -0.4 is 10.1 Å². The van der Waals surface area contributed by atoms with Gasteiger partial charge in [0.15, 0.2) is 0 Å². The molecule has 1 atom stereocenters. The van der Waals surface area contributed by atoms with Crippen molar-refractivity contribution in [2.45, 2.75) is 12.5 Å². The first-order chi connectivity index (χ1) is 8.33. The molecule has 1 heterocycles. The fourth-order valence-corrected chi connectivity index (χ4v) is 2.32. The van der Waals surface area contributed by atoms with Crippen molar-refractivity contribution >= 4 is 11.5 Å². The predicted molar refractivity (Wildman–Crippen MR) is 68.4 cm³/mol. The molecule has 4 nitrogen and oxygen atoms in total. The minimum atomic E-state index is 0.252. The lowest BCUT2D eigenvalue weighted by Crippen LogP contribution is -2.17. The van der Waals surface area contributed by atoms with Gasteiger partial charge in [-0.1, -0.05) is 16.6 Å². The largest absolute Gasteiger partial charge is 0.497 e. The molecule has 90 valence electrons. The SMILES string of the molecule is CNC(Cc1cccc(OC)c1)c1cnns1. The smallest absolute Gasteiger partial charge is 0.119 e. The van der Waals surface area contributed by atoms with Crippen molar-refractivity contribution in [1.29, 1.82) is 0 Å². The van der Waals surface area contributed by atoms with E-state index >= 15 is 0 Å². The van der Waals surface area contributed by atoms with E-state index < -0.39 is 0 Å². The highest BCUT2D eigenvalue weighted by molar-refractivity contribution is 7.05. The molecule has 0 fully saturated rings. The maximum absolute atomic E-state index is 5.22. The molecule has 1 aromatic carbocycles. The first-order valence-corrected chi connectivity index (χ1v) is 6.18. The lowest BCUT2D eigenvalue weighted by Gasteiger charge is -2.13. The standard InChI is InChI=1S/C12H15N3OS/c1-13-11(12-8-14-15-17-12)7-9-4-3-5-10(6-9)16-2/h3-6,8,11,13H,7H2,1-2H3. The van der Waals surface area contributed by atoms with Crippen LogP contribution in [-0.4, -0.2) is 23.7 Å². The van der Waals surface area contributed by atoms with Gasteiger partial charge in [0.1, 0.15) is 5.75 Å². The molecule has 0 aliphatic rings. The number of nitrogens with one attached hydrogen (secondary N) is 1. The Kier molecular flexibility index (Phi) is 4.06. The van der Waals surface area contributed by atoms with E-state index in [0.29, 0.717) is 0 Å². The molecule has 0 aliphatic heterocycles. The Morgan fingerprint density at radius 1 is 1.47 bits per heavy atom. The van der Waals surface area contributed by atoms with Gasteiger partial charge in [0.05, 0.1) is 18.2 Å². The molecule has 1 N–H and O–H groups in total. The molecule has 1 aromatic heterocycles. The number of nitrogens with zero attached hydrogens (tertiary/aromatic N) is 2. The van der Waals surface area contributed by atoms with Crippen LogP contribution in [0, 0.1) is 0 Å². The highest BCUT2D eigenvalue weighted by atomic mass is 32.1. The molecule has 0 bridgehead atoms. The summed E-state index contributed by atoms with van der Waals surface area (Å²) in [7, 11) is 3.63. The average Bonchev–Trinajstić information content (AvgIpc) is 2.90. The van der Waals surface area contributed by atoms with Gasteiger partial charge in [-0.05, 0) is 42.7 Å². The minimum Gasteiger partial charge on any atom is -0.497 e. The Bertz CT molecular complexity index is 459. The van der Waals surface area contributed by atoms with Crippen LogP contribution >= 0.6 is 11.5 Å². The second-order valence-electron chi connectivity index (χ2n) is 3.72. The molecule has 0 amide bonds. The summed E-state index contributed by atoms with van der Waals surface area (Å²) in [4.78, 5) is 1.15. The van der Waals surface area contributed by atoms with Crippen molar-refractivity contribution in [2.24, 2.45) is 0 Å². The lowest BCUT2D eigenvalue weighted by atomic mass is 10.1. The van der Waals surface area contributed by atoms with Gasteiger partial charge in [-0.2, -0.15) is 0 Å². The zero-order chi connectivity index (χ0) is 12.1. The lowest BCUT2D eigenvalue weighted by molar-refractivity contribution is 0.414. The maximum Gasteiger partial charge on any atom is 0.119 e. The van der Waals surface area contributed by atoms with Gasteiger partial charge in [0.2, 0.25) is 0 Å². The fraction of sp³-hybridized carbons (Fsp3) is 0.333. The molecule has 0 aliphatic carbocycles. The highest BCUT2D eigenvalue weighted by Crippen LogP contribution is 2.22. The van der Waals surface area contributed by atoms with Gasteiger partial charge in [0, 0.05) is 6.04 Å². The topological polar surface area (TPSA) is 47.0 Å². The Labute approximate surface area is 105 Å². The van der Waals surface area contributed by atoms with E-state index in [1.165, 1.54) is 17.1 Å². The summed E-state index contributed by atoms with van der Waals surface area (Å²) in [6, 6.07) is 8.36. The molecule has 5 heteroatoms. The number of methoxy groups -OCH3 is 1. The maximum atomic E-state index is 5.22. The van der Waals surface area contributed by atoms with E-state index in [1.54, 1.807) is 7.11 Å². The third kappa shape index (κ3) is 3.01. The van der Waals surface area contributed by atoms with Crippen LogP contribution in [-0.2, 0) is 6.42 Å². The van der Waals surface area contributed by atoms with Crippen molar-refractivity contribution in [3.63, 3.8) is 0 Å². The molecule has 1 unspecified atom stereocenters. The number of benzene rings is 1. The van der Waals surface area contributed by atoms with E-state index in [2.05, 4.69) is 27.0 Å². The van der Waals surface area contributed by atoms with E-state index in [-0.39, 0.29) is 6.04 Å². The van der Waals surface area contributed by atoms with Crippen LogP contribution in [0.25, 0.3) is 0 Å². The van der Waals surface area contributed by atoms with Crippen LogP contribution in [0.5, 0.6) is 5.75 Å². The molecular formula is C12H15N3OS. The monoisotopic (exact) mass is 249 g/mol. The van der Waals surface area contributed by atoms with Gasteiger partial charge in [-0.3, -0.25) is 0 Å². The van der Waals surface area contributed by atoms with Gasteiger partial charge in [0.25, 0.3) is 0 Å². The van der Waals surface area contributed by atoms with E-state index in [9.17, 15) is 0 Å². The molecule has 2 aromatic rings. The second-order valence-corrected chi connectivity index (χ2v) is 4.53. The zero-order valence-corrected chi connectivity index (χ0v) is 10.7. The third-order valence-electron chi connectivity index (χ3n) is 2.64. The molecule has 0 saturated heterocycles. The number of rotatable bonds is 5. The molecule has 0 saturated carbocycles. The summed E-state index contributed by atoms with van der Waals surface area (Å²) in [5.41, 5.74) is 1.23. The quantitative estimate of drug-likeness (QED) is 0.881. The van der Waals surface area contributed by atoms with Crippen molar-refractivity contribution in [2.75, 3.05) is 14.2 Å². The van der Waals surface area contributed by atoms with Crippen LogP contribution in [0.1, 0.15) is 16.5 Å². The van der Waals surface area contributed by atoms with E-state index in [1.807, 2.05) is 25.4 Å². The Morgan fingerprint density at radius 3 is 3.00 bits per heavy atom. The molecule has 0 radical (unpaired) electrons. The normalized spacial score (nSPS) is 12.4. The predicted octanol–water partition coefficient (Wildman–Crippen LogP) is 2.05. The van der Waals surface area contributed by atoms with Crippen molar-refractivity contribution < 1.29 is 4.74 Å². The summed E-state index contributed by atoms with van der Waals surface area (Å²) in [5, 5.41) is 7.15. The molecule has 17 heavy (non-hydrogen) atoms. The summed E-state index contributed by atoms with van der Waals surface area (Å²) in [6.07, 6.45) is 2.71. The van der Waals surface area contributed by atoms with Gasteiger partial charge < -0.3 is 10.1 Å². The Morgan fingerprint density at radius 2 is 2.35 bits per heavy atom. The number of ether oxygens (including phenoxy) is 1. The summed E-state index contributed by atoms with van der Waals surface area (Å²) in [5.74, 6) is 0.889. The minimum absolute atomic E-state index is 0.252. The summed E-state index contributed by atoms with van der Waals surface area (Å²) in [6.45, 7) is 0. The van der Waals surface area contributed by atoms with Crippen LogP contribution in [0.3, 0.4) is 0 Å². The Hall–Kier alpha value is -1.46. The van der Waals surface area contributed by atoms with Crippen LogP contribution in [0.15, 0.2) is 30.5 Å². The van der Waals surface area contributed by atoms with Gasteiger partial charge >= 0.3 is 0 Å². The first kappa shape index (κ1) is 12.0. The van der Waals surface area contributed by atoms with Crippen molar-refractivity contribution in [3.8, 4) is 5.75 Å². The average molecular weight is 249 g/mol. The Balaban J connectivity index is 2.13. The second kappa shape index (κ2) is 5.75. The van der Waals surface area contributed by atoms with Gasteiger partial charge in [-0.25, -0.2) is 0 Å². The highest BCUT2D eigenvalue weighted by Gasteiger charge is 2.12. The molecule has 2 rings (SSSR count). The number of hydrogen-bond donors (Lipinski definition) is 1. The van der Waals surface area contributed by atoms with Crippen molar-refractivity contribution in [3.05, 3.63) is 40.9 Å². The summed E-state index contributed by atoms with van der Waals surface area (Å²) >= 11 is 1.43. The summed E-state index contributed by atoms with van der Waals surface area (Å²) < 4.78 is 9.11. The van der Waals surface area contributed by atoms with Crippen LogP contribution in [0.4, 0.5) is 0 Å². The first-order valence-electron chi connectivity index (χ1n) is 5.41. The molecular weight excluding hydrogens is 234 g/mol. The van der Waals surface area contributed by atoms with E-state index in [0.717, 1.165) is 17.0 Å².